The van der Waals surface area contributed by atoms with Crippen molar-refractivity contribution < 1.29 is 26.3 Å². The van der Waals surface area contributed by atoms with Crippen molar-refractivity contribution in [3.05, 3.63) is 235 Å². The van der Waals surface area contributed by atoms with Crippen LogP contribution in [0.25, 0.3) is 118 Å². The van der Waals surface area contributed by atoms with Crippen molar-refractivity contribution in [2.75, 3.05) is 0 Å². The lowest BCUT2D eigenvalue weighted by molar-refractivity contribution is -0.138. The van der Waals surface area contributed by atoms with Crippen molar-refractivity contribution in [1.82, 2.24) is 43.6 Å². The summed E-state index contributed by atoms with van der Waals surface area (Å²) in [5, 5.41) is 0. The maximum atomic E-state index is 14.1. The first-order valence-corrected chi connectivity index (χ1v) is 24.7. The van der Waals surface area contributed by atoms with E-state index in [0.29, 0.717) is 67.6 Å². The summed E-state index contributed by atoms with van der Waals surface area (Å²) >= 11 is 0. The minimum Gasteiger partial charge on any atom is -0.292 e. The van der Waals surface area contributed by atoms with Gasteiger partial charge in [0.1, 0.15) is 17.5 Å². The van der Waals surface area contributed by atoms with Gasteiger partial charge in [-0.3, -0.25) is 13.7 Å². The quantitative estimate of drug-likeness (QED) is 0.134. The van der Waals surface area contributed by atoms with Crippen molar-refractivity contribution in [3.8, 4) is 85.4 Å². The molecule has 0 fully saturated rings. The molecule has 0 amide bonds. The van der Waals surface area contributed by atoms with Crippen LogP contribution in [-0.2, 0) is 12.4 Å². The first-order chi connectivity index (χ1) is 37.8. The Hall–Kier alpha value is -10.0. The van der Waals surface area contributed by atoms with Gasteiger partial charge in [-0.15, -0.1) is 0 Å². The zero-order chi connectivity index (χ0) is 53.3. The standard InChI is InChI=1S/C63H39F6N9/c1-38-14-8-18-42(32-38)59-70-50-26-2-5-29-53(50)76(59)47-23-11-15-39(35-47)56-73-57(40-16-12-24-48(36-40)77-54-30-6-3-27-51(54)71-60(77)43-19-9-21-45(33-43)62(64,65)66)75-58(74-56)41-17-13-25-49(37-41)78-55-31-7-4-28-52(55)72-61(78)44-20-10-22-46(34-44)63(67,68)69/h2-37H,1H3. The van der Waals surface area contributed by atoms with E-state index in [1.54, 1.807) is 12.1 Å². The molecule has 13 aromatic rings. The molecule has 0 aliphatic carbocycles. The first kappa shape index (κ1) is 47.7. The number of aromatic nitrogens is 9. The number of halogens is 6. The Kier molecular flexibility index (Phi) is 11.4. The Balaban J connectivity index is 1.000. The normalized spacial score (nSPS) is 12.0. The fourth-order valence-electron chi connectivity index (χ4n) is 10.0. The summed E-state index contributed by atoms with van der Waals surface area (Å²) in [4.78, 5) is 30.3. The number of para-hydroxylation sites is 6. The topological polar surface area (TPSA) is 92.1 Å². The molecule has 13 rings (SSSR count). The second-order valence-corrected chi connectivity index (χ2v) is 18.8. The second kappa shape index (κ2) is 18.7. The van der Waals surface area contributed by atoms with Crippen molar-refractivity contribution in [1.29, 1.82) is 0 Å². The SMILES string of the molecule is Cc1cccc(-c2nc3ccccc3n2-c2cccc(-c3nc(-c4cccc(-n5c(-c6cccc(C(F)(F)F)c6)nc6ccccc65)c4)nc(-c4cccc(-n5c(-c6cccc(C(F)(F)F)c6)nc6ccccc65)c4)n3)c2)c1. The highest BCUT2D eigenvalue weighted by atomic mass is 19.4. The van der Waals surface area contributed by atoms with Crippen LogP contribution < -0.4 is 0 Å². The van der Waals surface area contributed by atoms with Gasteiger partial charge in [-0.05, 0) is 110 Å². The van der Waals surface area contributed by atoms with E-state index in [4.69, 9.17) is 29.9 Å². The van der Waals surface area contributed by atoms with Crippen LogP contribution in [0.2, 0.25) is 0 Å². The van der Waals surface area contributed by atoms with Crippen LogP contribution in [0.4, 0.5) is 26.3 Å². The van der Waals surface area contributed by atoms with Crippen LogP contribution in [0.5, 0.6) is 0 Å². The molecule has 0 unspecified atom stereocenters. The summed E-state index contributed by atoms with van der Waals surface area (Å²) < 4.78 is 90.5. The molecule has 0 saturated carbocycles. The third kappa shape index (κ3) is 8.70. The fourth-order valence-corrected chi connectivity index (χ4v) is 10.0. The molecule has 0 saturated heterocycles. The Bertz CT molecular complexity index is 4280. The van der Waals surface area contributed by atoms with E-state index < -0.39 is 23.5 Å². The van der Waals surface area contributed by atoms with Crippen molar-refractivity contribution >= 4 is 33.1 Å². The predicted octanol–water partition coefficient (Wildman–Crippen LogP) is 16.2. The van der Waals surface area contributed by atoms with Crippen molar-refractivity contribution in [2.24, 2.45) is 0 Å². The van der Waals surface area contributed by atoms with Gasteiger partial charge in [0.05, 0.1) is 44.2 Å². The molecule has 0 radical (unpaired) electrons. The molecule has 0 spiro atoms. The predicted molar refractivity (Wildman–Crippen MR) is 291 cm³/mol. The van der Waals surface area contributed by atoms with Gasteiger partial charge in [0.15, 0.2) is 17.5 Å². The van der Waals surface area contributed by atoms with E-state index in [9.17, 15) is 26.3 Å². The Labute approximate surface area is 441 Å². The number of alkyl halides is 6. The van der Waals surface area contributed by atoms with Crippen LogP contribution in [-0.4, -0.2) is 43.6 Å². The van der Waals surface area contributed by atoms with Gasteiger partial charge in [-0.1, -0.05) is 121 Å². The van der Waals surface area contributed by atoms with Gasteiger partial charge in [-0.25, -0.2) is 29.9 Å². The molecule has 0 aliphatic heterocycles. The van der Waals surface area contributed by atoms with E-state index in [1.807, 2.05) is 180 Å². The van der Waals surface area contributed by atoms with Gasteiger partial charge in [0, 0.05) is 50.4 Å². The third-order valence-electron chi connectivity index (χ3n) is 13.6. The van der Waals surface area contributed by atoms with E-state index in [-0.39, 0.29) is 22.8 Å². The van der Waals surface area contributed by atoms with Crippen LogP contribution >= 0.6 is 0 Å². The molecule has 9 aromatic carbocycles. The van der Waals surface area contributed by atoms with E-state index in [1.165, 1.54) is 12.1 Å². The monoisotopic (exact) mass is 1040 g/mol. The minimum atomic E-state index is -4.58. The Morgan fingerprint density at radius 2 is 0.603 bits per heavy atom. The van der Waals surface area contributed by atoms with Gasteiger partial charge in [0.2, 0.25) is 0 Å². The molecule has 0 N–H and O–H groups in total. The molecule has 4 aromatic heterocycles. The number of hydrogen-bond donors (Lipinski definition) is 0. The number of aryl methyl sites for hydroxylation is 1. The molecule has 78 heavy (non-hydrogen) atoms. The Morgan fingerprint density at radius 3 is 0.949 bits per heavy atom. The number of rotatable bonds is 9. The zero-order valence-corrected chi connectivity index (χ0v) is 41.1. The van der Waals surface area contributed by atoms with Crippen LogP contribution in [0.3, 0.4) is 0 Å². The smallest absolute Gasteiger partial charge is 0.292 e. The minimum absolute atomic E-state index is 0.272. The molecule has 0 atom stereocenters. The van der Waals surface area contributed by atoms with E-state index in [0.717, 1.165) is 57.9 Å². The van der Waals surface area contributed by atoms with E-state index in [2.05, 4.69) is 10.6 Å². The lowest BCUT2D eigenvalue weighted by Gasteiger charge is -2.15. The largest absolute Gasteiger partial charge is 0.416 e. The summed E-state index contributed by atoms with van der Waals surface area (Å²) in [6, 6.07) is 63.7. The maximum absolute atomic E-state index is 14.1. The number of imidazole rings is 3. The highest BCUT2D eigenvalue weighted by Gasteiger charge is 2.32. The lowest BCUT2D eigenvalue weighted by atomic mass is 10.1. The summed E-state index contributed by atoms with van der Waals surface area (Å²) in [6.07, 6.45) is -9.15. The van der Waals surface area contributed by atoms with Gasteiger partial charge < -0.3 is 0 Å². The van der Waals surface area contributed by atoms with Crippen LogP contribution in [0, 0.1) is 6.92 Å². The van der Waals surface area contributed by atoms with Gasteiger partial charge in [-0.2, -0.15) is 26.3 Å². The first-order valence-electron chi connectivity index (χ1n) is 24.7. The molecule has 9 nitrogen and oxygen atoms in total. The third-order valence-corrected chi connectivity index (χ3v) is 13.6. The highest BCUT2D eigenvalue weighted by molar-refractivity contribution is 5.87. The summed E-state index contributed by atoms with van der Waals surface area (Å²) in [5.41, 5.74) is 8.92. The second-order valence-electron chi connectivity index (χ2n) is 18.8. The highest BCUT2D eigenvalue weighted by Crippen LogP contribution is 2.39. The summed E-state index contributed by atoms with van der Waals surface area (Å²) in [5.74, 6) is 2.24. The fraction of sp³-hybridized carbons (Fsp3) is 0.0476. The maximum Gasteiger partial charge on any atom is 0.416 e. The zero-order valence-electron chi connectivity index (χ0n) is 41.1. The van der Waals surface area contributed by atoms with Crippen LogP contribution in [0.1, 0.15) is 16.7 Å². The Morgan fingerprint density at radius 1 is 0.295 bits per heavy atom. The molecule has 378 valence electrons. The molecular formula is C63H39F6N9. The molecule has 4 heterocycles. The lowest BCUT2D eigenvalue weighted by Crippen LogP contribution is -2.06. The average Bonchev–Trinajstić information content (AvgIpc) is 4.27. The van der Waals surface area contributed by atoms with Gasteiger partial charge >= 0.3 is 12.4 Å². The van der Waals surface area contributed by atoms with Crippen molar-refractivity contribution in [2.45, 2.75) is 19.3 Å². The molecule has 0 bridgehead atoms. The number of hydrogen-bond acceptors (Lipinski definition) is 6. The van der Waals surface area contributed by atoms with Crippen LogP contribution in [0.15, 0.2) is 218 Å². The average molecular weight is 1040 g/mol. The van der Waals surface area contributed by atoms with Gasteiger partial charge in [0.25, 0.3) is 0 Å². The molecule has 15 heteroatoms. The number of benzene rings is 9. The summed E-state index contributed by atoms with van der Waals surface area (Å²) in [6.45, 7) is 2.04. The summed E-state index contributed by atoms with van der Waals surface area (Å²) in [7, 11) is 0. The van der Waals surface area contributed by atoms with E-state index >= 15 is 0 Å². The van der Waals surface area contributed by atoms with Crippen molar-refractivity contribution in [3.63, 3.8) is 0 Å². The number of nitrogens with zero attached hydrogens (tertiary/aromatic N) is 9. The molecule has 0 aliphatic rings. The number of fused-ring (bicyclic) bond motifs is 3. The molecular weight excluding hydrogens is 997 g/mol.